The van der Waals surface area contributed by atoms with E-state index in [1.807, 2.05) is 25.1 Å². The second-order valence-electron chi connectivity index (χ2n) is 6.06. The monoisotopic (exact) mass is 318 g/mol. The van der Waals surface area contributed by atoms with Crippen molar-refractivity contribution in [1.29, 1.82) is 0 Å². The number of para-hydroxylation sites is 2. The zero-order valence-corrected chi connectivity index (χ0v) is 14.0. The minimum absolute atomic E-state index is 0.0508. The molecule has 0 saturated heterocycles. The van der Waals surface area contributed by atoms with Crippen molar-refractivity contribution in [3.8, 4) is 0 Å². The first kappa shape index (κ1) is 17.3. The smallest absolute Gasteiger partial charge is 0.408 e. The summed E-state index contributed by atoms with van der Waals surface area (Å²) in [4.78, 5) is 23.8. The first-order valence-electron chi connectivity index (χ1n) is 8.49. The Morgan fingerprint density at radius 3 is 2.83 bits per heavy atom. The van der Waals surface area contributed by atoms with Crippen LogP contribution in [0.4, 0.5) is 0 Å². The van der Waals surface area contributed by atoms with Gasteiger partial charge in [-0.3, -0.25) is 9.36 Å². The Kier molecular flexibility index (Phi) is 6.44. The molecule has 0 aliphatic heterocycles. The Labute approximate surface area is 136 Å². The highest BCUT2D eigenvalue weighted by atomic mass is 16.4. The van der Waals surface area contributed by atoms with Gasteiger partial charge in [0.05, 0.1) is 5.52 Å². The second kappa shape index (κ2) is 8.56. The van der Waals surface area contributed by atoms with E-state index in [9.17, 15) is 9.59 Å². The number of nitrogens with one attached hydrogen (secondary N) is 1. The summed E-state index contributed by atoms with van der Waals surface area (Å²) in [6.07, 6.45) is 5.60. The molecule has 23 heavy (non-hydrogen) atoms. The number of amides is 1. The van der Waals surface area contributed by atoms with Crippen LogP contribution >= 0.6 is 0 Å². The molecule has 1 aromatic carbocycles. The number of aromatic nitrogens is 1. The van der Waals surface area contributed by atoms with Crippen LogP contribution in [0, 0.1) is 0 Å². The summed E-state index contributed by atoms with van der Waals surface area (Å²) in [5, 5.41) is 3.02. The molecule has 0 bridgehead atoms. The zero-order valence-electron chi connectivity index (χ0n) is 14.0. The van der Waals surface area contributed by atoms with E-state index in [0.29, 0.717) is 25.0 Å². The molecule has 1 amide bonds. The van der Waals surface area contributed by atoms with E-state index in [2.05, 4.69) is 12.2 Å². The topological polar surface area (TPSA) is 64.2 Å². The fourth-order valence-electron chi connectivity index (χ4n) is 2.74. The molecule has 0 spiro atoms. The SMILES string of the molecule is CCCCCC(C)NC(=O)CCCn1c(=O)oc2ccccc21. The summed E-state index contributed by atoms with van der Waals surface area (Å²) >= 11 is 0. The van der Waals surface area contributed by atoms with E-state index in [0.717, 1.165) is 18.4 Å². The maximum atomic E-state index is 11.9. The zero-order chi connectivity index (χ0) is 16.7. The third kappa shape index (κ3) is 4.98. The minimum atomic E-state index is -0.362. The van der Waals surface area contributed by atoms with Gasteiger partial charge in [-0.2, -0.15) is 0 Å². The van der Waals surface area contributed by atoms with Crippen LogP contribution in [0.3, 0.4) is 0 Å². The number of fused-ring (bicyclic) bond motifs is 1. The predicted octanol–water partition coefficient (Wildman–Crippen LogP) is 3.46. The van der Waals surface area contributed by atoms with Crippen LogP contribution in [0.2, 0.25) is 0 Å². The standard InChI is InChI=1S/C18H26N2O3/c1-3-4-5-9-14(2)19-17(21)12-8-13-20-15-10-6-7-11-16(15)23-18(20)22/h6-7,10-11,14H,3-5,8-9,12-13H2,1-2H3,(H,19,21). The average Bonchev–Trinajstić information content (AvgIpc) is 2.83. The van der Waals surface area contributed by atoms with E-state index in [1.165, 1.54) is 12.8 Å². The maximum Gasteiger partial charge on any atom is 0.419 e. The highest BCUT2D eigenvalue weighted by Gasteiger charge is 2.10. The fraction of sp³-hybridized carbons (Fsp3) is 0.556. The lowest BCUT2D eigenvalue weighted by Crippen LogP contribution is -2.32. The molecule has 0 saturated carbocycles. The van der Waals surface area contributed by atoms with Gasteiger partial charge in [0.25, 0.3) is 0 Å². The highest BCUT2D eigenvalue weighted by molar-refractivity contribution is 5.76. The number of aryl methyl sites for hydroxylation is 1. The van der Waals surface area contributed by atoms with Crippen molar-refractivity contribution in [1.82, 2.24) is 9.88 Å². The highest BCUT2D eigenvalue weighted by Crippen LogP contribution is 2.12. The van der Waals surface area contributed by atoms with Crippen molar-refractivity contribution in [2.45, 2.75) is 65.0 Å². The lowest BCUT2D eigenvalue weighted by molar-refractivity contribution is -0.121. The van der Waals surface area contributed by atoms with Gasteiger partial charge in [-0.05, 0) is 31.9 Å². The number of carbonyl (C=O) groups excluding carboxylic acids is 1. The molecule has 0 aliphatic rings. The Balaban J connectivity index is 1.79. The summed E-state index contributed by atoms with van der Waals surface area (Å²) in [7, 11) is 0. The molecule has 1 N–H and O–H groups in total. The molecule has 1 heterocycles. The molecule has 1 unspecified atom stereocenters. The van der Waals surface area contributed by atoms with Crippen LogP contribution in [0.1, 0.15) is 52.4 Å². The molecule has 2 rings (SSSR count). The van der Waals surface area contributed by atoms with Gasteiger partial charge in [0.15, 0.2) is 5.58 Å². The van der Waals surface area contributed by atoms with Gasteiger partial charge in [-0.15, -0.1) is 0 Å². The Bertz CT molecular complexity index is 687. The molecule has 126 valence electrons. The van der Waals surface area contributed by atoms with Gasteiger partial charge in [0.1, 0.15) is 0 Å². The molecule has 0 fully saturated rings. The number of carbonyl (C=O) groups is 1. The van der Waals surface area contributed by atoms with Gasteiger partial charge < -0.3 is 9.73 Å². The van der Waals surface area contributed by atoms with Crippen molar-refractivity contribution >= 4 is 17.0 Å². The van der Waals surface area contributed by atoms with Crippen LogP contribution in [-0.4, -0.2) is 16.5 Å². The number of hydrogen-bond donors (Lipinski definition) is 1. The van der Waals surface area contributed by atoms with E-state index >= 15 is 0 Å². The van der Waals surface area contributed by atoms with E-state index in [-0.39, 0.29) is 17.7 Å². The minimum Gasteiger partial charge on any atom is -0.408 e. The maximum absolute atomic E-state index is 11.9. The Morgan fingerprint density at radius 1 is 1.26 bits per heavy atom. The molecule has 0 aliphatic carbocycles. The molecular weight excluding hydrogens is 292 g/mol. The number of unbranched alkanes of at least 4 members (excludes halogenated alkanes) is 2. The van der Waals surface area contributed by atoms with Gasteiger partial charge >= 0.3 is 5.76 Å². The molecule has 5 heteroatoms. The predicted molar refractivity (Wildman–Crippen MR) is 91.5 cm³/mol. The van der Waals surface area contributed by atoms with Crippen molar-refractivity contribution < 1.29 is 9.21 Å². The second-order valence-corrected chi connectivity index (χ2v) is 6.06. The Hall–Kier alpha value is -2.04. The van der Waals surface area contributed by atoms with E-state index < -0.39 is 0 Å². The summed E-state index contributed by atoms with van der Waals surface area (Å²) < 4.78 is 6.77. The van der Waals surface area contributed by atoms with Crippen LogP contribution < -0.4 is 11.1 Å². The van der Waals surface area contributed by atoms with Crippen molar-refractivity contribution in [2.75, 3.05) is 0 Å². The Morgan fingerprint density at radius 2 is 2.04 bits per heavy atom. The van der Waals surface area contributed by atoms with Crippen LogP contribution in [0.25, 0.3) is 11.1 Å². The van der Waals surface area contributed by atoms with Crippen molar-refractivity contribution in [2.24, 2.45) is 0 Å². The molecule has 5 nitrogen and oxygen atoms in total. The molecule has 1 aromatic heterocycles. The fourth-order valence-corrected chi connectivity index (χ4v) is 2.74. The molecule has 2 aromatic rings. The molecule has 1 atom stereocenters. The molecular formula is C18H26N2O3. The first-order valence-corrected chi connectivity index (χ1v) is 8.49. The quantitative estimate of drug-likeness (QED) is 0.720. The molecule has 0 radical (unpaired) electrons. The number of nitrogens with zero attached hydrogens (tertiary/aromatic N) is 1. The van der Waals surface area contributed by atoms with Crippen molar-refractivity contribution in [3.63, 3.8) is 0 Å². The third-order valence-electron chi connectivity index (χ3n) is 4.01. The summed E-state index contributed by atoms with van der Waals surface area (Å²) in [5.41, 5.74) is 1.37. The summed E-state index contributed by atoms with van der Waals surface area (Å²) in [6, 6.07) is 7.56. The van der Waals surface area contributed by atoms with Crippen LogP contribution in [0.5, 0.6) is 0 Å². The van der Waals surface area contributed by atoms with E-state index in [1.54, 1.807) is 10.6 Å². The largest absolute Gasteiger partial charge is 0.419 e. The van der Waals surface area contributed by atoms with Gasteiger partial charge in [-0.1, -0.05) is 38.3 Å². The first-order chi connectivity index (χ1) is 11.1. The normalized spacial score (nSPS) is 12.4. The lowest BCUT2D eigenvalue weighted by atomic mass is 10.1. The lowest BCUT2D eigenvalue weighted by Gasteiger charge is -2.13. The average molecular weight is 318 g/mol. The third-order valence-corrected chi connectivity index (χ3v) is 4.01. The number of rotatable bonds is 9. The summed E-state index contributed by atoms with van der Waals surface area (Å²) in [6.45, 7) is 4.71. The van der Waals surface area contributed by atoms with Gasteiger partial charge in [0, 0.05) is 19.0 Å². The van der Waals surface area contributed by atoms with Crippen LogP contribution in [-0.2, 0) is 11.3 Å². The number of oxazole rings is 1. The van der Waals surface area contributed by atoms with Gasteiger partial charge in [0.2, 0.25) is 5.91 Å². The van der Waals surface area contributed by atoms with Gasteiger partial charge in [-0.25, -0.2) is 4.79 Å². The van der Waals surface area contributed by atoms with Crippen molar-refractivity contribution in [3.05, 3.63) is 34.8 Å². The summed E-state index contributed by atoms with van der Waals surface area (Å²) in [5.74, 6) is -0.311. The van der Waals surface area contributed by atoms with Crippen LogP contribution in [0.15, 0.2) is 33.5 Å². The van der Waals surface area contributed by atoms with E-state index in [4.69, 9.17) is 4.42 Å². The number of benzene rings is 1. The number of hydrogen-bond acceptors (Lipinski definition) is 3.